The highest BCUT2D eigenvalue weighted by atomic mass is 19.3. The molecule has 0 bridgehead atoms. The number of hydrogen-bond donors (Lipinski definition) is 1. The zero-order valence-corrected chi connectivity index (χ0v) is 12.0. The number of rotatable bonds is 9. The number of alkyl halides is 2. The Morgan fingerprint density at radius 2 is 1.68 bits per heavy atom. The van der Waals surface area contributed by atoms with E-state index in [1.54, 1.807) is 12.1 Å². The van der Waals surface area contributed by atoms with Crippen molar-refractivity contribution in [3.63, 3.8) is 0 Å². The molecule has 0 aliphatic rings. The van der Waals surface area contributed by atoms with Gasteiger partial charge in [0.2, 0.25) is 0 Å². The molecule has 1 aromatic rings. The molecule has 3 heteroatoms. The highest BCUT2D eigenvalue weighted by Gasteiger charge is 2.08. The molecule has 1 rings (SSSR count). The molecular weight excluding hydrogens is 244 g/mol. The molecule has 0 saturated carbocycles. The Balaban J connectivity index is 2.44. The molecule has 0 amide bonds. The minimum Gasteiger partial charge on any atom is -0.310 e. The molecule has 1 N–H and O–H groups in total. The molecule has 1 atom stereocenters. The zero-order chi connectivity index (χ0) is 14.1. The van der Waals surface area contributed by atoms with Crippen LogP contribution in [0.3, 0.4) is 0 Å². The van der Waals surface area contributed by atoms with Gasteiger partial charge in [-0.1, -0.05) is 57.4 Å². The highest BCUT2D eigenvalue weighted by Crippen LogP contribution is 2.18. The smallest absolute Gasteiger partial charge is 0.263 e. The molecule has 0 radical (unpaired) electrons. The SMILES string of the molecule is CCCCC(CCC)NCc1ccc(C(F)F)cc1. The highest BCUT2D eigenvalue weighted by molar-refractivity contribution is 5.23. The standard InChI is InChI=1S/C16H25F2N/c1-3-5-7-15(6-4-2)19-12-13-8-10-14(11-9-13)16(17)18/h8-11,15-16,19H,3-7,12H2,1-2H3. The van der Waals surface area contributed by atoms with E-state index in [1.165, 1.54) is 44.2 Å². The van der Waals surface area contributed by atoms with Gasteiger partial charge in [0.25, 0.3) is 6.43 Å². The van der Waals surface area contributed by atoms with Crippen molar-refractivity contribution in [3.05, 3.63) is 35.4 Å². The first-order valence-electron chi connectivity index (χ1n) is 7.27. The van der Waals surface area contributed by atoms with Gasteiger partial charge in [-0.15, -0.1) is 0 Å². The quantitative estimate of drug-likeness (QED) is 0.659. The Bertz CT molecular complexity index is 335. The number of benzene rings is 1. The fraction of sp³-hybridized carbons (Fsp3) is 0.625. The van der Waals surface area contributed by atoms with Crippen molar-refractivity contribution in [1.29, 1.82) is 0 Å². The summed E-state index contributed by atoms with van der Waals surface area (Å²) in [6, 6.07) is 7.15. The van der Waals surface area contributed by atoms with E-state index in [0.29, 0.717) is 6.04 Å². The van der Waals surface area contributed by atoms with Crippen molar-refractivity contribution in [2.24, 2.45) is 0 Å². The first kappa shape index (κ1) is 16.1. The van der Waals surface area contributed by atoms with Crippen LogP contribution in [-0.2, 0) is 6.54 Å². The summed E-state index contributed by atoms with van der Waals surface area (Å²) in [6.45, 7) is 5.15. The first-order valence-corrected chi connectivity index (χ1v) is 7.27. The van der Waals surface area contributed by atoms with Gasteiger partial charge in [0.1, 0.15) is 0 Å². The summed E-state index contributed by atoms with van der Waals surface area (Å²) in [6.07, 6.45) is 3.62. The number of halogens is 2. The summed E-state index contributed by atoms with van der Waals surface area (Å²) >= 11 is 0. The van der Waals surface area contributed by atoms with Crippen molar-refractivity contribution >= 4 is 0 Å². The summed E-state index contributed by atoms with van der Waals surface area (Å²) in [5, 5.41) is 3.53. The van der Waals surface area contributed by atoms with Crippen molar-refractivity contribution in [2.45, 2.75) is 65.0 Å². The van der Waals surface area contributed by atoms with Gasteiger partial charge >= 0.3 is 0 Å². The van der Waals surface area contributed by atoms with Crippen LogP contribution in [0.4, 0.5) is 8.78 Å². The van der Waals surface area contributed by atoms with Gasteiger partial charge in [-0.05, 0) is 18.4 Å². The van der Waals surface area contributed by atoms with Crippen molar-refractivity contribution in [1.82, 2.24) is 5.32 Å². The Kier molecular flexibility index (Phi) is 7.65. The second kappa shape index (κ2) is 9.03. The summed E-state index contributed by atoms with van der Waals surface area (Å²) in [5.74, 6) is 0. The van der Waals surface area contributed by atoms with E-state index >= 15 is 0 Å². The van der Waals surface area contributed by atoms with Crippen LogP contribution in [0, 0.1) is 0 Å². The molecule has 108 valence electrons. The third kappa shape index (κ3) is 6.15. The Hall–Kier alpha value is -0.960. The van der Waals surface area contributed by atoms with Crippen LogP contribution in [0.25, 0.3) is 0 Å². The molecule has 0 saturated heterocycles. The first-order chi connectivity index (χ1) is 9.17. The molecule has 0 aromatic heterocycles. The normalized spacial score (nSPS) is 12.9. The lowest BCUT2D eigenvalue weighted by Gasteiger charge is -2.18. The van der Waals surface area contributed by atoms with E-state index in [4.69, 9.17) is 0 Å². The summed E-state index contributed by atoms with van der Waals surface area (Å²) in [5.41, 5.74) is 1.17. The molecule has 1 aromatic carbocycles. The zero-order valence-electron chi connectivity index (χ0n) is 12.0. The second-order valence-corrected chi connectivity index (χ2v) is 5.05. The van der Waals surface area contributed by atoms with Crippen LogP contribution in [0.1, 0.15) is 63.5 Å². The van der Waals surface area contributed by atoms with E-state index in [9.17, 15) is 8.78 Å². The molecular formula is C16H25F2N. The van der Waals surface area contributed by atoms with Gasteiger partial charge in [0, 0.05) is 18.2 Å². The number of nitrogens with one attached hydrogen (secondary N) is 1. The van der Waals surface area contributed by atoms with Crippen LogP contribution in [0.15, 0.2) is 24.3 Å². The monoisotopic (exact) mass is 269 g/mol. The van der Waals surface area contributed by atoms with Crippen molar-refractivity contribution < 1.29 is 8.78 Å². The van der Waals surface area contributed by atoms with Crippen LogP contribution >= 0.6 is 0 Å². The lowest BCUT2D eigenvalue weighted by molar-refractivity contribution is 0.151. The third-order valence-corrected chi connectivity index (χ3v) is 3.37. The maximum absolute atomic E-state index is 12.4. The summed E-state index contributed by atoms with van der Waals surface area (Å²) < 4.78 is 24.9. The fourth-order valence-electron chi connectivity index (χ4n) is 2.19. The maximum atomic E-state index is 12.4. The van der Waals surface area contributed by atoms with E-state index in [1.807, 2.05) is 0 Å². The lowest BCUT2D eigenvalue weighted by atomic mass is 10.0. The van der Waals surface area contributed by atoms with E-state index < -0.39 is 6.43 Å². The minimum atomic E-state index is -2.38. The summed E-state index contributed by atoms with van der Waals surface area (Å²) in [7, 11) is 0. The Labute approximate surface area is 115 Å². The van der Waals surface area contributed by atoms with Crippen molar-refractivity contribution in [2.75, 3.05) is 0 Å². The topological polar surface area (TPSA) is 12.0 Å². The van der Waals surface area contributed by atoms with E-state index in [2.05, 4.69) is 19.2 Å². The molecule has 0 aliphatic heterocycles. The Morgan fingerprint density at radius 3 is 2.21 bits per heavy atom. The number of unbranched alkanes of at least 4 members (excludes halogenated alkanes) is 1. The molecule has 0 heterocycles. The fourth-order valence-corrected chi connectivity index (χ4v) is 2.19. The second-order valence-electron chi connectivity index (χ2n) is 5.05. The molecule has 0 aliphatic carbocycles. The largest absolute Gasteiger partial charge is 0.310 e. The van der Waals surface area contributed by atoms with Gasteiger partial charge in [-0.3, -0.25) is 0 Å². The minimum absolute atomic E-state index is 0.0971. The molecule has 19 heavy (non-hydrogen) atoms. The van der Waals surface area contributed by atoms with Gasteiger partial charge in [-0.25, -0.2) is 8.78 Å². The molecule has 0 spiro atoms. The molecule has 0 fully saturated rings. The Morgan fingerprint density at radius 1 is 1.00 bits per heavy atom. The average molecular weight is 269 g/mol. The molecule has 1 unspecified atom stereocenters. The average Bonchev–Trinajstić information content (AvgIpc) is 2.42. The van der Waals surface area contributed by atoms with E-state index in [-0.39, 0.29) is 5.56 Å². The van der Waals surface area contributed by atoms with Gasteiger partial charge in [-0.2, -0.15) is 0 Å². The van der Waals surface area contributed by atoms with E-state index in [0.717, 1.165) is 12.1 Å². The maximum Gasteiger partial charge on any atom is 0.263 e. The van der Waals surface area contributed by atoms with Gasteiger partial charge in [0.15, 0.2) is 0 Å². The predicted molar refractivity (Wildman–Crippen MR) is 76.5 cm³/mol. The van der Waals surface area contributed by atoms with Crippen LogP contribution in [0.2, 0.25) is 0 Å². The van der Waals surface area contributed by atoms with Gasteiger partial charge in [0.05, 0.1) is 0 Å². The lowest BCUT2D eigenvalue weighted by Crippen LogP contribution is -2.28. The third-order valence-electron chi connectivity index (χ3n) is 3.37. The van der Waals surface area contributed by atoms with Crippen LogP contribution < -0.4 is 5.32 Å². The summed E-state index contributed by atoms with van der Waals surface area (Å²) in [4.78, 5) is 0. The predicted octanol–water partition coefficient (Wildman–Crippen LogP) is 5.07. The number of hydrogen-bond acceptors (Lipinski definition) is 1. The van der Waals surface area contributed by atoms with Crippen molar-refractivity contribution in [3.8, 4) is 0 Å². The van der Waals surface area contributed by atoms with Gasteiger partial charge < -0.3 is 5.32 Å². The van der Waals surface area contributed by atoms with Crippen LogP contribution in [0.5, 0.6) is 0 Å². The molecule has 1 nitrogen and oxygen atoms in total. The van der Waals surface area contributed by atoms with Crippen LogP contribution in [-0.4, -0.2) is 6.04 Å².